The van der Waals surface area contributed by atoms with Gasteiger partial charge in [0.05, 0.1) is 16.8 Å². The summed E-state index contributed by atoms with van der Waals surface area (Å²) in [5.41, 5.74) is 10.1. The van der Waals surface area contributed by atoms with Crippen molar-refractivity contribution in [2.45, 2.75) is 18.7 Å². The van der Waals surface area contributed by atoms with Crippen molar-refractivity contribution >= 4 is 33.7 Å². The molecule has 0 unspecified atom stereocenters. The third-order valence-electron chi connectivity index (χ3n) is 4.94. The lowest BCUT2D eigenvalue weighted by Crippen LogP contribution is -2.40. The van der Waals surface area contributed by atoms with Crippen LogP contribution in [-0.4, -0.2) is 39.6 Å². The number of nitrogens with one attached hydrogen (secondary N) is 1. The molecule has 2 amide bonds. The zero-order valence-electron chi connectivity index (χ0n) is 19.3. The quantitative estimate of drug-likeness (QED) is 0.330. The lowest BCUT2D eigenvalue weighted by Gasteiger charge is -2.25. The second kappa shape index (κ2) is 11.3. The van der Waals surface area contributed by atoms with Gasteiger partial charge in [0.25, 0.3) is 21.8 Å². The number of sulfonamides is 1. The molecule has 0 aliphatic heterocycles. The van der Waals surface area contributed by atoms with Crippen LogP contribution in [0.3, 0.4) is 0 Å². The van der Waals surface area contributed by atoms with E-state index in [-0.39, 0.29) is 11.5 Å². The molecule has 3 aromatic carbocycles. The summed E-state index contributed by atoms with van der Waals surface area (Å²) < 4.78 is 33.1. The molecule has 0 saturated heterocycles. The van der Waals surface area contributed by atoms with Crippen molar-refractivity contribution in [2.75, 3.05) is 17.5 Å². The molecule has 0 atom stereocenters. The summed E-state index contributed by atoms with van der Waals surface area (Å²) in [5, 5.41) is 3.92. The van der Waals surface area contributed by atoms with E-state index in [0.29, 0.717) is 22.6 Å². The fourth-order valence-electron chi connectivity index (χ4n) is 3.13. The summed E-state index contributed by atoms with van der Waals surface area (Å²) in [7, 11) is -4.01. The first-order chi connectivity index (χ1) is 16.7. The highest BCUT2D eigenvalue weighted by Crippen LogP contribution is 2.26. The second-order valence-electron chi connectivity index (χ2n) is 7.73. The number of anilines is 1. The molecule has 0 fully saturated rings. The van der Waals surface area contributed by atoms with E-state index in [1.54, 1.807) is 67.6 Å². The Hall–Kier alpha value is -4.18. The van der Waals surface area contributed by atoms with Gasteiger partial charge in [-0.2, -0.15) is 5.10 Å². The first-order valence-electron chi connectivity index (χ1n) is 10.6. The van der Waals surface area contributed by atoms with Crippen molar-refractivity contribution < 1.29 is 22.7 Å². The number of hydrogen-bond donors (Lipinski definition) is 2. The Morgan fingerprint density at radius 1 is 1.00 bits per heavy atom. The van der Waals surface area contributed by atoms with Gasteiger partial charge in [-0.15, -0.1) is 0 Å². The normalized spacial score (nSPS) is 11.3. The number of rotatable bonds is 10. The number of carbonyl (C=O) groups excluding carboxylic acids is 2. The maximum atomic E-state index is 13.4. The fourth-order valence-corrected chi connectivity index (χ4v) is 4.62. The van der Waals surface area contributed by atoms with Crippen LogP contribution < -0.4 is 20.2 Å². The van der Waals surface area contributed by atoms with Gasteiger partial charge in [0.15, 0.2) is 6.61 Å². The number of hydrogen-bond acceptors (Lipinski definition) is 6. The van der Waals surface area contributed by atoms with Crippen molar-refractivity contribution in [2.24, 2.45) is 10.8 Å². The average molecular weight is 495 g/mol. The van der Waals surface area contributed by atoms with Crippen molar-refractivity contribution in [3.8, 4) is 5.75 Å². The van der Waals surface area contributed by atoms with Crippen LogP contribution in [0, 0.1) is 13.8 Å². The summed E-state index contributed by atoms with van der Waals surface area (Å²) in [4.78, 5) is 23.5. The third-order valence-corrected chi connectivity index (χ3v) is 6.72. The van der Waals surface area contributed by atoms with Crippen LogP contribution in [0.4, 0.5) is 5.69 Å². The van der Waals surface area contributed by atoms with Crippen LogP contribution in [0.5, 0.6) is 5.75 Å². The van der Waals surface area contributed by atoms with Crippen LogP contribution >= 0.6 is 0 Å². The minimum Gasteiger partial charge on any atom is -0.484 e. The molecule has 10 heteroatoms. The van der Waals surface area contributed by atoms with Crippen molar-refractivity contribution in [1.29, 1.82) is 0 Å². The number of ether oxygens (including phenoxy) is 1. The largest absolute Gasteiger partial charge is 0.484 e. The molecule has 9 nitrogen and oxygen atoms in total. The zero-order valence-corrected chi connectivity index (χ0v) is 20.2. The average Bonchev–Trinajstić information content (AvgIpc) is 2.83. The number of nitrogens with two attached hydrogens (primary N) is 1. The molecule has 0 saturated carbocycles. The molecule has 0 aliphatic carbocycles. The third kappa shape index (κ3) is 6.90. The summed E-state index contributed by atoms with van der Waals surface area (Å²) in [6.45, 7) is 2.95. The number of aryl methyl sites for hydroxylation is 2. The number of hydrazone groups is 1. The Morgan fingerprint density at radius 2 is 1.66 bits per heavy atom. The molecule has 0 radical (unpaired) electrons. The van der Waals surface area contributed by atoms with Crippen LogP contribution in [0.15, 0.2) is 82.8 Å². The topological polar surface area (TPSA) is 131 Å². The minimum absolute atomic E-state index is 0.0845. The first-order valence-corrected chi connectivity index (χ1v) is 12.1. The molecule has 0 bridgehead atoms. The maximum absolute atomic E-state index is 13.4. The SMILES string of the molecule is Cc1ccc(S(=O)(=O)N(CC(=O)N/N=C\c2ccc(OCC(N)=O)cc2)c2ccccc2C)cc1. The van der Waals surface area contributed by atoms with E-state index in [1.165, 1.54) is 18.3 Å². The smallest absolute Gasteiger partial charge is 0.264 e. The Labute approximate surface area is 204 Å². The van der Waals surface area contributed by atoms with E-state index in [0.717, 1.165) is 9.87 Å². The van der Waals surface area contributed by atoms with Crippen molar-refractivity contribution in [3.63, 3.8) is 0 Å². The van der Waals surface area contributed by atoms with Crippen molar-refractivity contribution in [1.82, 2.24) is 5.43 Å². The summed E-state index contributed by atoms with van der Waals surface area (Å²) >= 11 is 0. The van der Waals surface area contributed by atoms with Gasteiger partial charge >= 0.3 is 0 Å². The lowest BCUT2D eigenvalue weighted by molar-refractivity contribution is -0.120. The van der Waals surface area contributed by atoms with E-state index in [2.05, 4.69) is 10.5 Å². The number of primary amides is 1. The van der Waals surface area contributed by atoms with E-state index < -0.39 is 28.4 Å². The van der Waals surface area contributed by atoms with Gasteiger partial charge in [-0.25, -0.2) is 13.8 Å². The number of amides is 2. The Bertz CT molecular complexity index is 1320. The molecule has 3 rings (SSSR count). The molecule has 0 heterocycles. The number of nitrogens with zero attached hydrogens (tertiary/aromatic N) is 2. The molecule has 3 aromatic rings. The molecule has 0 aromatic heterocycles. The second-order valence-corrected chi connectivity index (χ2v) is 9.59. The lowest BCUT2D eigenvalue weighted by atomic mass is 10.2. The predicted octanol–water partition coefficient (Wildman–Crippen LogP) is 2.51. The molecule has 0 spiro atoms. The maximum Gasteiger partial charge on any atom is 0.264 e. The van der Waals surface area contributed by atoms with Gasteiger partial charge in [-0.1, -0.05) is 35.9 Å². The fraction of sp³-hybridized carbons (Fsp3) is 0.160. The molecule has 0 aliphatic rings. The number of benzene rings is 3. The van der Waals surface area contributed by atoms with Gasteiger partial charge in [0.1, 0.15) is 12.3 Å². The highest BCUT2D eigenvalue weighted by Gasteiger charge is 2.28. The van der Waals surface area contributed by atoms with Gasteiger partial charge in [0.2, 0.25) is 0 Å². The Morgan fingerprint density at radius 3 is 2.29 bits per heavy atom. The molecule has 35 heavy (non-hydrogen) atoms. The first kappa shape index (κ1) is 25.4. The summed E-state index contributed by atoms with van der Waals surface area (Å²) in [6.07, 6.45) is 1.41. The minimum atomic E-state index is -4.01. The Balaban J connectivity index is 1.74. The van der Waals surface area contributed by atoms with Gasteiger partial charge in [-0.05, 0) is 67.4 Å². The Kier molecular flexibility index (Phi) is 8.21. The standard InChI is InChI=1S/C25H26N4O5S/c1-18-7-13-22(14-8-18)35(32,33)29(23-6-4-3-5-19(23)2)16-25(31)28-27-15-20-9-11-21(12-10-20)34-17-24(26)30/h3-15H,16-17H2,1-2H3,(H2,26,30)(H,28,31)/b27-15-. The van der Waals surface area contributed by atoms with Crippen LogP contribution in [0.25, 0.3) is 0 Å². The van der Waals surface area contributed by atoms with Gasteiger partial charge in [0, 0.05) is 0 Å². The predicted molar refractivity (Wildman–Crippen MR) is 134 cm³/mol. The van der Waals surface area contributed by atoms with E-state index in [1.807, 2.05) is 6.92 Å². The molecule has 182 valence electrons. The van der Waals surface area contributed by atoms with Crippen LogP contribution in [-0.2, 0) is 19.6 Å². The van der Waals surface area contributed by atoms with E-state index in [9.17, 15) is 18.0 Å². The zero-order chi connectivity index (χ0) is 25.4. The van der Waals surface area contributed by atoms with Crippen LogP contribution in [0.1, 0.15) is 16.7 Å². The number of carbonyl (C=O) groups is 2. The van der Waals surface area contributed by atoms with E-state index >= 15 is 0 Å². The van der Waals surface area contributed by atoms with E-state index in [4.69, 9.17) is 10.5 Å². The summed E-state index contributed by atoms with van der Waals surface area (Å²) in [6, 6.07) is 20.0. The van der Waals surface area contributed by atoms with Crippen molar-refractivity contribution in [3.05, 3.63) is 89.5 Å². The van der Waals surface area contributed by atoms with Gasteiger partial charge in [-0.3, -0.25) is 13.9 Å². The highest BCUT2D eigenvalue weighted by atomic mass is 32.2. The molecular formula is C25H26N4O5S. The monoisotopic (exact) mass is 494 g/mol. The number of para-hydroxylation sites is 1. The molecular weight excluding hydrogens is 468 g/mol. The van der Waals surface area contributed by atoms with Gasteiger partial charge < -0.3 is 10.5 Å². The summed E-state index contributed by atoms with van der Waals surface area (Å²) in [5.74, 6) is -0.732. The highest BCUT2D eigenvalue weighted by molar-refractivity contribution is 7.92. The van der Waals surface area contributed by atoms with Crippen LogP contribution in [0.2, 0.25) is 0 Å². The molecule has 3 N–H and O–H groups in total.